The number of benzene rings is 1. The van der Waals surface area contributed by atoms with E-state index in [9.17, 15) is 17.2 Å². The molecule has 158 valence electrons. The summed E-state index contributed by atoms with van der Waals surface area (Å²) in [5.41, 5.74) is 0.343. The van der Waals surface area contributed by atoms with Gasteiger partial charge in [0.05, 0.1) is 10.7 Å². The molecule has 1 aromatic carbocycles. The molecule has 2 N–H and O–H groups in total. The molecule has 3 heterocycles. The minimum absolute atomic E-state index is 0.0147. The third-order valence-electron chi connectivity index (χ3n) is 5.69. The van der Waals surface area contributed by atoms with Crippen LogP contribution in [0.15, 0.2) is 28.6 Å². The van der Waals surface area contributed by atoms with E-state index in [4.69, 9.17) is 11.6 Å². The molecule has 11 heteroatoms. The summed E-state index contributed by atoms with van der Waals surface area (Å²) in [7, 11) is -4.14. The Morgan fingerprint density at radius 1 is 1.31 bits per heavy atom. The number of fused-ring (bicyclic) bond motifs is 1. The third kappa shape index (κ3) is 4.21. The molecule has 0 amide bonds. The first-order valence-electron chi connectivity index (χ1n) is 9.36. The molecule has 2 aliphatic heterocycles. The van der Waals surface area contributed by atoms with Gasteiger partial charge in [0, 0.05) is 30.2 Å². The number of hydrogen-bond donors (Lipinski definition) is 2. The Balaban J connectivity index is 1.45. The van der Waals surface area contributed by atoms with E-state index in [2.05, 4.69) is 19.9 Å². The van der Waals surface area contributed by atoms with Crippen LogP contribution in [0.5, 0.6) is 0 Å². The lowest BCUT2D eigenvalue weighted by atomic mass is 9.98. The smallest absolute Gasteiger partial charge is 0.266 e. The average molecular weight is 463 g/mol. The van der Waals surface area contributed by atoms with Crippen LogP contribution >= 0.6 is 22.9 Å². The summed E-state index contributed by atoms with van der Waals surface area (Å²) < 4.78 is 54.8. The zero-order valence-corrected chi connectivity index (χ0v) is 17.8. The number of hydrogen-bond acceptors (Lipinski definition) is 6. The van der Waals surface area contributed by atoms with Crippen LogP contribution in [0.3, 0.4) is 0 Å². The normalized spacial score (nSPS) is 24.6. The summed E-state index contributed by atoms with van der Waals surface area (Å²) in [6.07, 6.45) is 4.22. The maximum absolute atomic E-state index is 14.6. The fraction of sp³-hybridized carbons (Fsp3) is 0.500. The fourth-order valence-corrected chi connectivity index (χ4v) is 6.46. The van der Waals surface area contributed by atoms with Crippen molar-refractivity contribution in [3.63, 3.8) is 0 Å². The number of sulfonamides is 1. The molecule has 1 aromatic heterocycles. The molecule has 0 aliphatic carbocycles. The van der Waals surface area contributed by atoms with Crippen LogP contribution in [0, 0.1) is 11.7 Å². The van der Waals surface area contributed by atoms with Crippen molar-refractivity contribution < 1.29 is 17.2 Å². The summed E-state index contributed by atoms with van der Waals surface area (Å²) in [5, 5.41) is 5.03. The standard InChI is InChI=1S/C18H21ClF2N4O2S2/c19-13-7-17(29(26,27)24-18-22-4-6-28-18)14(21)8-15(13)23-10-11-3-5-25-12(9-20)1-2-16(11)25/h4,6-8,11-12,16,23H,1-3,5,9-10H2,(H,22,24)/t11-,12?,16?/m0/s1. The van der Waals surface area contributed by atoms with Gasteiger partial charge in [-0.2, -0.15) is 0 Å². The Morgan fingerprint density at radius 2 is 2.14 bits per heavy atom. The first kappa shape index (κ1) is 20.8. The summed E-state index contributed by atoms with van der Waals surface area (Å²) >= 11 is 7.33. The first-order valence-corrected chi connectivity index (χ1v) is 12.1. The molecular weight excluding hydrogens is 442 g/mol. The first-order chi connectivity index (χ1) is 13.9. The van der Waals surface area contributed by atoms with Gasteiger partial charge in [-0.1, -0.05) is 11.6 Å². The lowest BCUT2D eigenvalue weighted by Crippen LogP contribution is -2.35. The van der Waals surface area contributed by atoms with Gasteiger partial charge >= 0.3 is 0 Å². The molecule has 0 radical (unpaired) electrons. The number of thiazole rings is 1. The summed E-state index contributed by atoms with van der Waals surface area (Å²) in [6, 6.07) is 2.55. The Hall–Kier alpha value is -1.49. The van der Waals surface area contributed by atoms with Gasteiger partial charge in [0.1, 0.15) is 17.4 Å². The second kappa shape index (κ2) is 8.33. The van der Waals surface area contributed by atoms with E-state index in [-0.39, 0.29) is 22.9 Å². The average Bonchev–Trinajstić information content (AvgIpc) is 3.40. The van der Waals surface area contributed by atoms with Gasteiger partial charge in [0.2, 0.25) is 0 Å². The van der Waals surface area contributed by atoms with Crippen LogP contribution < -0.4 is 10.0 Å². The Kier molecular flexibility index (Phi) is 5.97. The van der Waals surface area contributed by atoms with Crippen molar-refractivity contribution in [1.82, 2.24) is 9.88 Å². The predicted molar refractivity (Wildman–Crippen MR) is 110 cm³/mol. The van der Waals surface area contributed by atoms with E-state index in [1.165, 1.54) is 6.20 Å². The molecule has 2 fully saturated rings. The van der Waals surface area contributed by atoms with Crippen molar-refractivity contribution in [3.05, 3.63) is 34.5 Å². The number of rotatable bonds is 7. The van der Waals surface area contributed by atoms with E-state index in [1.54, 1.807) is 5.38 Å². The van der Waals surface area contributed by atoms with Crippen LogP contribution in [0.25, 0.3) is 0 Å². The van der Waals surface area contributed by atoms with Crippen molar-refractivity contribution >= 4 is 43.8 Å². The molecule has 4 rings (SSSR count). The zero-order chi connectivity index (χ0) is 20.6. The zero-order valence-electron chi connectivity index (χ0n) is 15.4. The second-order valence-corrected chi connectivity index (χ2v) is 10.3. The molecular formula is C18H21ClF2N4O2S2. The van der Waals surface area contributed by atoms with Crippen molar-refractivity contribution in [2.24, 2.45) is 5.92 Å². The molecule has 2 saturated heterocycles. The second-order valence-electron chi connectivity index (χ2n) is 7.33. The van der Waals surface area contributed by atoms with Gasteiger partial charge in [-0.3, -0.25) is 9.62 Å². The molecule has 0 spiro atoms. The van der Waals surface area contributed by atoms with Crippen molar-refractivity contribution in [1.29, 1.82) is 0 Å². The number of alkyl halides is 1. The Morgan fingerprint density at radius 3 is 2.86 bits per heavy atom. The van der Waals surface area contributed by atoms with Gasteiger partial charge in [0.15, 0.2) is 5.13 Å². The minimum atomic E-state index is -4.14. The highest BCUT2D eigenvalue weighted by atomic mass is 35.5. The highest BCUT2D eigenvalue weighted by Gasteiger charge is 2.42. The monoisotopic (exact) mass is 462 g/mol. The van der Waals surface area contributed by atoms with Gasteiger partial charge in [-0.25, -0.2) is 22.2 Å². The fourth-order valence-electron chi connectivity index (χ4n) is 4.29. The van der Waals surface area contributed by atoms with Gasteiger partial charge in [-0.05, 0) is 43.9 Å². The number of nitrogens with one attached hydrogen (secondary N) is 2. The summed E-state index contributed by atoms with van der Waals surface area (Å²) in [5.74, 6) is -0.576. The lowest BCUT2D eigenvalue weighted by Gasteiger charge is -2.24. The largest absolute Gasteiger partial charge is 0.383 e. The molecule has 2 aliphatic rings. The van der Waals surface area contributed by atoms with Gasteiger partial charge < -0.3 is 5.32 Å². The Bertz CT molecular complexity index is 974. The van der Waals surface area contributed by atoms with Gasteiger partial charge in [0.25, 0.3) is 10.0 Å². The molecule has 0 saturated carbocycles. The van der Waals surface area contributed by atoms with Crippen LogP contribution in [-0.4, -0.2) is 50.1 Å². The highest BCUT2D eigenvalue weighted by Crippen LogP contribution is 2.37. The van der Waals surface area contributed by atoms with E-state index in [1.807, 2.05) is 0 Å². The van der Waals surface area contributed by atoms with Crippen LogP contribution in [0.1, 0.15) is 19.3 Å². The third-order valence-corrected chi connectivity index (χ3v) is 8.18. The maximum atomic E-state index is 14.6. The van der Waals surface area contributed by atoms with Crippen molar-refractivity contribution in [2.75, 3.05) is 29.8 Å². The minimum Gasteiger partial charge on any atom is -0.383 e. The molecule has 0 bridgehead atoms. The number of anilines is 2. The summed E-state index contributed by atoms with van der Waals surface area (Å²) in [4.78, 5) is 5.54. The quantitative estimate of drug-likeness (QED) is 0.651. The maximum Gasteiger partial charge on any atom is 0.266 e. The SMILES string of the molecule is O=S(=O)(Nc1nccs1)c1cc(Cl)c(NC[C@@H]2CCN3C(CF)CCC23)cc1F. The van der Waals surface area contributed by atoms with E-state index >= 15 is 0 Å². The van der Waals surface area contributed by atoms with E-state index in [0.717, 1.165) is 49.3 Å². The molecule has 2 aromatic rings. The van der Waals surface area contributed by atoms with Crippen molar-refractivity contribution in [2.45, 2.75) is 36.2 Å². The number of halogens is 3. The molecule has 29 heavy (non-hydrogen) atoms. The van der Waals surface area contributed by atoms with Crippen LogP contribution in [0.4, 0.5) is 19.6 Å². The summed E-state index contributed by atoms with van der Waals surface area (Å²) in [6.45, 7) is 1.12. The Labute approximate surface area is 177 Å². The highest BCUT2D eigenvalue weighted by molar-refractivity contribution is 7.93. The molecule has 3 atom stereocenters. The van der Waals surface area contributed by atoms with Gasteiger partial charge in [-0.15, -0.1) is 11.3 Å². The van der Waals surface area contributed by atoms with Crippen LogP contribution in [0.2, 0.25) is 5.02 Å². The van der Waals surface area contributed by atoms with E-state index in [0.29, 0.717) is 24.2 Å². The lowest BCUT2D eigenvalue weighted by molar-refractivity contribution is 0.198. The number of nitrogens with zero attached hydrogens (tertiary/aromatic N) is 2. The molecule has 6 nitrogen and oxygen atoms in total. The van der Waals surface area contributed by atoms with E-state index < -0.39 is 20.7 Å². The molecule has 2 unspecified atom stereocenters. The van der Waals surface area contributed by atoms with Crippen molar-refractivity contribution in [3.8, 4) is 0 Å². The topological polar surface area (TPSA) is 74.3 Å². The number of aromatic nitrogens is 1. The predicted octanol–water partition coefficient (Wildman–Crippen LogP) is 3.97. The van der Waals surface area contributed by atoms with Crippen LogP contribution in [-0.2, 0) is 10.0 Å².